The van der Waals surface area contributed by atoms with Crippen LogP contribution in [0.15, 0.2) is 22.7 Å². The second kappa shape index (κ2) is 3.70. The van der Waals surface area contributed by atoms with Crippen molar-refractivity contribution >= 4 is 32.8 Å². The molecule has 1 heterocycles. The van der Waals surface area contributed by atoms with Gasteiger partial charge in [0, 0.05) is 9.86 Å². The molecule has 0 atom stereocenters. The van der Waals surface area contributed by atoms with Crippen LogP contribution in [0.4, 0.5) is 0 Å². The quantitative estimate of drug-likeness (QED) is 0.808. The fourth-order valence-corrected chi connectivity index (χ4v) is 1.99. The third-order valence-electron chi connectivity index (χ3n) is 2.35. The van der Waals surface area contributed by atoms with Gasteiger partial charge in [0.15, 0.2) is 0 Å². The zero-order valence-electron chi connectivity index (χ0n) is 8.43. The Morgan fingerprint density at radius 1 is 1.47 bits per heavy atom. The van der Waals surface area contributed by atoms with Gasteiger partial charge < -0.3 is 9.72 Å². The fraction of sp³-hybridized carbons (Fsp3) is 0.182. The number of aryl methyl sites for hydroxylation is 1. The van der Waals surface area contributed by atoms with Gasteiger partial charge in [-0.3, -0.25) is 0 Å². The topological polar surface area (TPSA) is 42.1 Å². The number of hydrogen-bond acceptors (Lipinski definition) is 2. The Hall–Kier alpha value is -1.29. The smallest absolute Gasteiger partial charge is 0.354 e. The molecule has 1 N–H and O–H groups in total. The minimum atomic E-state index is -0.350. The number of halogens is 1. The molecule has 0 aliphatic carbocycles. The second-order valence-corrected chi connectivity index (χ2v) is 4.18. The van der Waals surface area contributed by atoms with Gasteiger partial charge in [-0.15, -0.1) is 0 Å². The molecule has 0 saturated carbocycles. The zero-order valence-corrected chi connectivity index (χ0v) is 10.0. The number of nitrogens with one attached hydrogen (secondary N) is 1. The number of benzene rings is 1. The van der Waals surface area contributed by atoms with Crippen LogP contribution in [0, 0.1) is 6.92 Å². The minimum absolute atomic E-state index is 0.350. The van der Waals surface area contributed by atoms with Gasteiger partial charge in [0.05, 0.1) is 12.6 Å². The summed E-state index contributed by atoms with van der Waals surface area (Å²) >= 11 is 3.44. The molecule has 0 aliphatic heterocycles. The monoisotopic (exact) mass is 267 g/mol. The number of aromatic nitrogens is 1. The third-order valence-corrected chi connectivity index (χ3v) is 3.05. The first kappa shape index (κ1) is 10.2. The molecule has 4 heteroatoms. The summed E-state index contributed by atoms with van der Waals surface area (Å²) in [5.74, 6) is -0.350. The van der Waals surface area contributed by atoms with E-state index in [1.807, 2.05) is 19.1 Å². The predicted octanol–water partition coefficient (Wildman–Crippen LogP) is 3.03. The Bertz CT molecular complexity index is 492. The number of fused-ring (bicyclic) bond motifs is 1. The summed E-state index contributed by atoms with van der Waals surface area (Å²) in [6, 6.07) is 5.74. The average Bonchev–Trinajstić information content (AvgIpc) is 2.68. The summed E-state index contributed by atoms with van der Waals surface area (Å²) in [5, 5.41) is 0.996. The SMILES string of the molecule is COC(=O)c1cc2c(Br)ccc(C)c2[nH]1. The van der Waals surface area contributed by atoms with Gasteiger partial charge in [-0.05, 0) is 24.6 Å². The second-order valence-electron chi connectivity index (χ2n) is 3.33. The molecule has 0 bridgehead atoms. The van der Waals surface area contributed by atoms with Gasteiger partial charge >= 0.3 is 5.97 Å². The molecule has 1 aromatic carbocycles. The van der Waals surface area contributed by atoms with E-state index in [4.69, 9.17) is 0 Å². The molecule has 0 spiro atoms. The van der Waals surface area contributed by atoms with Crippen LogP contribution in [-0.2, 0) is 4.74 Å². The lowest BCUT2D eigenvalue weighted by Gasteiger charge is -1.97. The number of aromatic amines is 1. The highest BCUT2D eigenvalue weighted by Gasteiger charge is 2.11. The van der Waals surface area contributed by atoms with Crippen molar-refractivity contribution in [1.29, 1.82) is 0 Å². The van der Waals surface area contributed by atoms with Gasteiger partial charge in [-0.1, -0.05) is 22.0 Å². The molecular formula is C11H10BrNO2. The molecule has 15 heavy (non-hydrogen) atoms. The van der Waals surface area contributed by atoms with E-state index in [1.165, 1.54) is 7.11 Å². The summed E-state index contributed by atoms with van der Waals surface area (Å²) in [6.45, 7) is 1.99. The molecule has 2 aromatic rings. The first-order valence-electron chi connectivity index (χ1n) is 4.49. The highest BCUT2D eigenvalue weighted by molar-refractivity contribution is 9.10. The van der Waals surface area contributed by atoms with Crippen LogP contribution < -0.4 is 0 Å². The lowest BCUT2D eigenvalue weighted by molar-refractivity contribution is 0.0595. The number of ether oxygens (including phenoxy) is 1. The number of carbonyl (C=O) groups excluding carboxylic acids is 1. The molecule has 0 saturated heterocycles. The maximum Gasteiger partial charge on any atom is 0.354 e. The Morgan fingerprint density at radius 3 is 2.80 bits per heavy atom. The van der Waals surface area contributed by atoms with Crippen molar-refractivity contribution in [1.82, 2.24) is 4.98 Å². The normalized spacial score (nSPS) is 10.6. The number of rotatable bonds is 1. The lowest BCUT2D eigenvalue weighted by Crippen LogP contribution is -2.00. The fourth-order valence-electron chi connectivity index (χ4n) is 1.55. The van der Waals surface area contributed by atoms with Crippen LogP contribution in [0.25, 0.3) is 10.9 Å². The summed E-state index contributed by atoms with van der Waals surface area (Å²) in [4.78, 5) is 14.4. The van der Waals surface area contributed by atoms with Crippen LogP contribution in [0.1, 0.15) is 16.1 Å². The summed E-state index contributed by atoms with van der Waals surface area (Å²) in [7, 11) is 1.37. The first-order chi connectivity index (χ1) is 7.13. The minimum Gasteiger partial charge on any atom is -0.464 e. The van der Waals surface area contributed by atoms with Gasteiger partial charge in [-0.2, -0.15) is 0 Å². The van der Waals surface area contributed by atoms with Gasteiger partial charge in [-0.25, -0.2) is 4.79 Å². The zero-order chi connectivity index (χ0) is 11.0. The van der Waals surface area contributed by atoms with Crippen LogP contribution in [0.2, 0.25) is 0 Å². The highest BCUT2D eigenvalue weighted by atomic mass is 79.9. The van der Waals surface area contributed by atoms with E-state index in [-0.39, 0.29) is 5.97 Å². The third kappa shape index (κ3) is 1.65. The molecule has 2 rings (SSSR count). The number of methoxy groups -OCH3 is 1. The lowest BCUT2D eigenvalue weighted by atomic mass is 10.2. The largest absolute Gasteiger partial charge is 0.464 e. The van der Waals surface area contributed by atoms with E-state index in [2.05, 4.69) is 25.7 Å². The summed E-state index contributed by atoms with van der Waals surface area (Å²) in [6.07, 6.45) is 0. The van der Waals surface area contributed by atoms with E-state index < -0.39 is 0 Å². The maximum absolute atomic E-state index is 11.3. The van der Waals surface area contributed by atoms with Crippen molar-refractivity contribution in [2.24, 2.45) is 0 Å². The highest BCUT2D eigenvalue weighted by Crippen LogP contribution is 2.27. The van der Waals surface area contributed by atoms with E-state index in [9.17, 15) is 4.79 Å². The Kier molecular flexibility index (Phi) is 2.52. The van der Waals surface area contributed by atoms with Crippen molar-refractivity contribution in [2.75, 3.05) is 7.11 Å². The number of H-pyrrole nitrogens is 1. The van der Waals surface area contributed by atoms with Gasteiger partial charge in [0.25, 0.3) is 0 Å². The van der Waals surface area contributed by atoms with Gasteiger partial charge in [0.2, 0.25) is 0 Å². The summed E-state index contributed by atoms with van der Waals surface area (Å²) < 4.78 is 5.63. The molecule has 0 radical (unpaired) electrons. The van der Waals surface area contributed by atoms with E-state index in [1.54, 1.807) is 6.07 Å². The average molecular weight is 268 g/mol. The standard InChI is InChI=1S/C11H10BrNO2/c1-6-3-4-8(12)7-5-9(11(14)15-2)13-10(6)7/h3-5,13H,1-2H3. The number of carbonyl (C=O) groups is 1. The van der Waals surface area contributed by atoms with Crippen LogP contribution in [0.3, 0.4) is 0 Å². The van der Waals surface area contributed by atoms with Crippen molar-refractivity contribution in [3.05, 3.63) is 33.9 Å². The van der Waals surface area contributed by atoms with E-state index in [0.717, 1.165) is 20.9 Å². The molecular weight excluding hydrogens is 258 g/mol. The van der Waals surface area contributed by atoms with Crippen molar-refractivity contribution < 1.29 is 9.53 Å². The Morgan fingerprint density at radius 2 is 2.20 bits per heavy atom. The first-order valence-corrected chi connectivity index (χ1v) is 5.29. The molecule has 0 amide bonds. The molecule has 0 aliphatic rings. The van der Waals surface area contributed by atoms with Crippen molar-refractivity contribution in [3.63, 3.8) is 0 Å². The number of esters is 1. The van der Waals surface area contributed by atoms with E-state index >= 15 is 0 Å². The van der Waals surface area contributed by atoms with Gasteiger partial charge in [0.1, 0.15) is 5.69 Å². The van der Waals surface area contributed by atoms with Crippen molar-refractivity contribution in [3.8, 4) is 0 Å². The van der Waals surface area contributed by atoms with Crippen LogP contribution >= 0.6 is 15.9 Å². The molecule has 1 aromatic heterocycles. The molecule has 0 unspecified atom stereocenters. The number of hydrogen-bond donors (Lipinski definition) is 1. The predicted molar refractivity (Wildman–Crippen MR) is 62.1 cm³/mol. The maximum atomic E-state index is 11.3. The Balaban J connectivity index is 2.70. The summed E-state index contributed by atoms with van der Waals surface area (Å²) in [5.41, 5.74) is 2.54. The molecule has 78 valence electrons. The van der Waals surface area contributed by atoms with Crippen LogP contribution in [-0.4, -0.2) is 18.1 Å². The van der Waals surface area contributed by atoms with Crippen LogP contribution in [0.5, 0.6) is 0 Å². The van der Waals surface area contributed by atoms with E-state index in [0.29, 0.717) is 5.69 Å². The molecule has 3 nitrogen and oxygen atoms in total. The molecule has 0 fully saturated rings. The Labute approximate surface area is 95.6 Å². The van der Waals surface area contributed by atoms with Crippen molar-refractivity contribution in [2.45, 2.75) is 6.92 Å².